The van der Waals surface area contributed by atoms with Gasteiger partial charge in [-0.05, 0) is 18.4 Å². The smallest absolute Gasteiger partial charge is 0.0963 e. The predicted molar refractivity (Wildman–Crippen MR) is 78.1 cm³/mol. The summed E-state index contributed by atoms with van der Waals surface area (Å²) in [5.41, 5.74) is 6.80. The van der Waals surface area contributed by atoms with Crippen molar-refractivity contribution < 1.29 is 14.6 Å². The Balaban J connectivity index is 1.89. The van der Waals surface area contributed by atoms with E-state index in [1.54, 1.807) is 0 Å². The molecule has 1 fully saturated rings. The summed E-state index contributed by atoms with van der Waals surface area (Å²) < 4.78 is 11.5. The number of nitrogens with two attached hydrogens (primary N) is 1. The lowest BCUT2D eigenvalue weighted by Gasteiger charge is -2.42. The lowest BCUT2D eigenvalue weighted by atomic mass is 9.81. The molecule has 112 valence electrons. The molecular formula is C16H25NO3. The van der Waals surface area contributed by atoms with Crippen LogP contribution in [-0.2, 0) is 16.1 Å². The summed E-state index contributed by atoms with van der Waals surface area (Å²) >= 11 is 0. The number of hydrogen-bond donors (Lipinski definition) is 2. The van der Waals surface area contributed by atoms with Crippen molar-refractivity contribution in [1.82, 2.24) is 0 Å². The van der Waals surface area contributed by atoms with Crippen molar-refractivity contribution in [1.29, 1.82) is 0 Å². The third-order valence-electron chi connectivity index (χ3n) is 4.28. The summed E-state index contributed by atoms with van der Waals surface area (Å²) in [5, 5.41) is 10.3. The Bertz CT molecular complexity index is 398. The molecule has 3 N–H and O–H groups in total. The van der Waals surface area contributed by atoms with E-state index in [2.05, 4.69) is 6.92 Å². The largest absolute Gasteiger partial charge is 0.390 e. The van der Waals surface area contributed by atoms with Gasteiger partial charge in [-0.15, -0.1) is 0 Å². The summed E-state index contributed by atoms with van der Waals surface area (Å²) in [5.74, 6) is 0.319. The fraction of sp³-hybridized carbons (Fsp3) is 0.625. The molecule has 0 spiro atoms. The zero-order chi connectivity index (χ0) is 14.5. The van der Waals surface area contributed by atoms with Crippen LogP contribution in [0.1, 0.15) is 19.4 Å². The van der Waals surface area contributed by atoms with Gasteiger partial charge in [0.1, 0.15) is 0 Å². The highest BCUT2D eigenvalue weighted by Gasteiger charge is 2.40. The molecule has 1 aliphatic heterocycles. The number of aliphatic hydroxyl groups is 1. The van der Waals surface area contributed by atoms with E-state index in [-0.39, 0.29) is 24.0 Å². The Morgan fingerprint density at radius 1 is 1.25 bits per heavy atom. The van der Waals surface area contributed by atoms with Gasteiger partial charge >= 0.3 is 0 Å². The average molecular weight is 279 g/mol. The molecule has 0 saturated carbocycles. The van der Waals surface area contributed by atoms with Crippen molar-refractivity contribution in [3.8, 4) is 0 Å². The van der Waals surface area contributed by atoms with Crippen LogP contribution in [0.5, 0.6) is 0 Å². The van der Waals surface area contributed by atoms with Gasteiger partial charge in [-0.25, -0.2) is 0 Å². The maximum absolute atomic E-state index is 10.3. The molecule has 0 radical (unpaired) electrons. The number of aliphatic hydroxyl groups excluding tert-OH is 1. The van der Waals surface area contributed by atoms with Crippen molar-refractivity contribution in [2.24, 2.45) is 17.6 Å². The Labute approximate surface area is 120 Å². The van der Waals surface area contributed by atoms with Crippen LogP contribution in [0.15, 0.2) is 30.3 Å². The van der Waals surface area contributed by atoms with Crippen LogP contribution in [0.4, 0.5) is 0 Å². The van der Waals surface area contributed by atoms with Crippen LogP contribution in [0.3, 0.4) is 0 Å². The molecule has 0 bridgehead atoms. The van der Waals surface area contributed by atoms with Gasteiger partial charge < -0.3 is 20.3 Å². The molecule has 1 heterocycles. The van der Waals surface area contributed by atoms with Crippen molar-refractivity contribution in [3.63, 3.8) is 0 Å². The lowest BCUT2D eigenvalue weighted by molar-refractivity contribution is -0.175. The van der Waals surface area contributed by atoms with Gasteiger partial charge in [-0.2, -0.15) is 0 Å². The first-order valence-electron chi connectivity index (χ1n) is 7.28. The highest BCUT2D eigenvalue weighted by Crippen LogP contribution is 2.31. The normalized spacial score (nSPS) is 34.1. The second-order valence-electron chi connectivity index (χ2n) is 5.63. The van der Waals surface area contributed by atoms with Gasteiger partial charge in [0.15, 0.2) is 0 Å². The molecule has 1 aromatic rings. The predicted octanol–water partition coefficient (Wildman–Crippen LogP) is 1.56. The minimum atomic E-state index is -0.554. The Morgan fingerprint density at radius 2 is 1.95 bits per heavy atom. The highest BCUT2D eigenvalue weighted by atomic mass is 16.5. The van der Waals surface area contributed by atoms with Crippen molar-refractivity contribution in [2.75, 3.05) is 13.2 Å². The second-order valence-corrected chi connectivity index (χ2v) is 5.63. The summed E-state index contributed by atoms with van der Waals surface area (Å²) in [6, 6.07) is 10.1. The summed E-state index contributed by atoms with van der Waals surface area (Å²) in [7, 11) is 0. The molecule has 20 heavy (non-hydrogen) atoms. The van der Waals surface area contributed by atoms with E-state index in [1.165, 1.54) is 0 Å². The van der Waals surface area contributed by atoms with Crippen molar-refractivity contribution in [2.45, 2.75) is 38.8 Å². The van der Waals surface area contributed by atoms with Crippen molar-refractivity contribution >= 4 is 0 Å². The monoisotopic (exact) mass is 279 g/mol. The van der Waals surface area contributed by atoms with Gasteiger partial charge in [0, 0.05) is 12.5 Å². The molecule has 1 saturated heterocycles. The topological polar surface area (TPSA) is 64.7 Å². The van der Waals surface area contributed by atoms with E-state index in [1.807, 2.05) is 37.3 Å². The molecular weight excluding hydrogens is 254 g/mol. The van der Waals surface area contributed by atoms with E-state index < -0.39 is 6.10 Å². The highest BCUT2D eigenvalue weighted by molar-refractivity contribution is 5.13. The van der Waals surface area contributed by atoms with Crippen LogP contribution in [0.2, 0.25) is 0 Å². The third kappa shape index (κ3) is 3.58. The number of hydrogen-bond acceptors (Lipinski definition) is 4. The molecule has 2 rings (SSSR count). The van der Waals surface area contributed by atoms with Gasteiger partial charge in [-0.3, -0.25) is 0 Å². The third-order valence-corrected chi connectivity index (χ3v) is 4.28. The Morgan fingerprint density at radius 3 is 2.60 bits per heavy atom. The van der Waals surface area contributed by atoms with Gasteiger partial charge in [0.05, 0.1) is 31.5 Å². The average Bonchev–Trinajstić information content (AvgIpc) is 2.47. The Kier molecular flexibility index (Phi) is 5.54. The first-order valence-corrected chi connectivity index (χ1v) is 7.28. The van der Waals surface area contributed by atoms with E-state index in [9.17, 15) is 5.11 Å². The van der Waals surface area contributed by atoms with E-state index >= 15 is 0 Å². The van der Waals surface area contributed by atoms with Crippen molar-refractivity contribution in [3.05, 3.63) is 35.9 Å². The van der Waals surface area contributed by atoms with Crippen LogP contribution in [0.25, 0.3) is 0 Å². The summed E-state index contributed by atoms with van der Waals surface area (Å²) in [6.07, 6.45) is -0.745. The molecule has 3 unspecified atom stereocenters. The zero-order valence-corrected chi connectivity index (χ0v) is 12.2. The zero-order valence-electron chi connectivity index (χ0n) is 12.2. The lowest BCUT2D eigenvalue weighted by Crippen LogP contribution is -2.53. The molecule has 5 atom stereocenters. The van der Waals surface area contributed by atoms with Crippen LogP contribution in [0, 0.1) is 11.8 Å². The maximum Gasteiger partial charge on any atom is 0.0963 e. The Hall–Kier alpha value is -0.940. The van der Waals surface area contributed by atoms with Crippen LogP contribution in [-0.4, -0.2) is 36.6 Å². The summed E-state index contributed by atoms with van der Waals surface area (Å²) in [6.45, 7) is 5.56. The minimum absolute atomic E-state index is 0.0658. The summed E-state index contributed by atoms with van der Waals surface area (Å²) in [4.78, 5) is 0. The van der Waals surface area contributed by atoms with Gasteiger partial charge in [-0.1, -0.05) is 37.3 Å². The SMILES string of the molecule is C[C@@H]1OC(CN)C(O)C(COCc2ccccc2)[C@H]1C. The quantitative estimate of drug-likeness (QED) is 0.858. The van der Waals surface area contributed by atoms with Crippen LogP contribution >= 0.6 is 0 Å². The van der Waals surface area contributed by atoms with Gasteiger partial charge in [0.25, 0.3) is 0 Å². The molecule has 4 heteroatoms. The minimum Gasteiger partial charge on any atom is -0.390 e. The van der Waals surface area contributed by atoms with E-state index in [0.717, 1.165) is 5.56 Å². The van der Waals surface area contributed by atoms with E-state index in [4.69, 9.17) is 15.2 Å². The first kappa shape index (κ1) is 15.4. The first-order chi connectivity index (χ1) is 9.63. The van der Waals surface area contributed by atoms with Crippen LogP contribution < -0.4 is 5.73 Å². The number of benzene rings is 1. The van der Waals surface area contributed by atoms with E-state index in [0.29, 0.717) is 19.8 Å². The molecule has 4 nitrogen and oxygen atoms in total. The standard InChI is InChI=1S/C16H25NO3/c1-11-12(2)20-15(8-17)16(18)14(11)10-19-9-13-6-4-3-5-7-13/h3-7,11-12,14-16,18H,8-10,17H2,1-2H3/t11-,12-,14?,15?,16?/m0/s1. The molecule has 0 amide bonds. The number of rotatable bonds is 5. The fourth-order valence-electron chi connectivity index (χ4n) is 2.75. The fourth-order valence-corrected chi connectivity index (χ4v) is 2.75. The van der Waals surface area contributed by atoms with Gasteiger partial charge in [0.2, 0.25) is 0 Å². The molecule has 0 aliphatic carbocycles. The number of ether oxygens (including phenoxy) is 2. The maximum atomic E-state index is 10.3. The molecule has 1 aliphatic rings. The molecule has 0 aromatic heterocycles. The molecule has 1 aromatic carbocycles. The second kappa shape index (κ2) is 7.18.